The van der Waals surface area contributed by atoms with Crippen LogP contribution in [-0.4, -0.2) is 37.2 Å². The molecule has 16 heavy (non-hydrogen) atoms. The molecule has 0 saturated heterocycles. The normalized spacial score (nSPS) is 12.6. The molecule has 0 aliphatic carbocycles. The molecule has 2 aromatic rings. The Kier molecular flexibility index (Phi) is 3.53. The average Bonchev–Trinajstić information content (AvgIpc) is 2.78. The fourth-order valence-electron chi connectivity index (χ4n) is 1.20. The van der Waals surface area contributed by atoms with Crippen LogP contribution in [0.1, 0.15) is 6.92 Å². The van der Waals surface area contributed by atoms with Gasteiger partial charge < -0.3 is 5.11 Å². The molecule has 1 aromatic heterocycles. The molecule has 1 heterocycles. The number of hydrogen-bond acceptors (Lipinski definition) is 5. The molecule has 5 nitrogen and oxygen atoms in total. The maximum atomic E-state index is 9.00. The smallest absolute Gasteiger partial charge is 0.214 e. The number of aromatic nitrogens is 4. The summed E-state index contributed by atoms with van der Waals surface area (Å²) in [6, 6.07) is 9.67. The second kappa shape index (κ2) is 5.09. The first kappa shape index (κ1) is 11.1. The van der Waals surface area contributed by atoms with Crippen molar-refractivity contribution in [3.8, 4) is 5.69 Å². The number of rotatable bonds is 4. The van der Waals surface area contributed by atoms with Gasteiger partial charge in [-0.3, -0.25) is 0 Å². The van der Waals surface area contributed by atoms with Gasteiger partial charge in [0.15, 0.2) is 0 Å². The van der Waals surface area contributed by atoms with Gasteiger partial charge in [0.1, 0.15) is 0 Å². The van der Waals surface area contributed by atoms with Crippen molar-refractivity contribution >= 4 is 11.8 Å². The molecule has 0 fully saturated rings. The van der Waals surface area contributed by atoms with E-state index < -0.39 is 0 Å². The lowest BCUT2D eigenvalue weighted by molar-refractivity contribution is 0.300. The van der Waals surface area contributed by atoms with E-state index in [1.807, 2.05) is 37.3 Å². The van der Waals surface area contributed by atoms with Gasteiger partial charge in [-0.25, -0.2) is 0 Å². The minimum Gasteiger partial charge on any atom is -0.395 e. The summed E-state index contributed by atoms with van der Waals surface area (Å²) in [4.78, 5) is 0. The molecule has 0 aliphatic rings. The Morgan fingerprint density at radius 2 is 2.12 bits per heavy atom. The van der Waals surface area contributed by atoms with Gasteiger partial charge >= 0.3 is 0 Å². The summed E-state index contributed by atoms with van der Waals surface area (Å²) >= 11 is 1.45. The minimum atomic E-state index is 0.0773. The van der Waals surface area contributed by atoms with Crippen LogP contribution in [0.4, 0.5) is 0 Å². The van der Waals surface area contributed by atoms with E-state index in [0.717, 1.165) is 5.69 Å². The van der Waals surface area contributed by atoms with Gasteiger partial charge in [-0.05, 0) is 22.6 Å². The molecule has 0 amide bonds. The first-order valence-corrected chi connectivity index (χ1v) is 5.80. The maximum absolute atomic E-state index is 9.00. The van der Waals surface area contributed by atoms with Crippen LogP contribution in [0, 0.1) is 0 Å². The van der Waals surface area contributed by atoms with E-state index in [4.69, 9.17) is 5.11 Å². The zero-order valence-corrected chi connectivity index (χ0v) is 9.63. The second-order valence-electron chi connectivity index (χ2n) is 3.32. The SMILES string of the molecule is CC(CO)Sc1nnnn1-c1ccccc1. The summed E-state index contributed by atoms with van der Waals surface area (Å²) in [7, 11) is 0. The number of thioether (sulfide) groups is 1. The Balaban J connectivity index is 2.26. The molecule has 1 N–H and O–H groups in total. The lowest BCUT2D eigenvalue weighted by Crippen LogP contribution is -2.05. The monoisotopic (exact) mass is 236 g/mol. The van der Waals surface area contributed by atoms with Crippen LogP contribution in [0.3, 0.4) is 0 Å². The Morgan fingerprint density at radius 1 is 1.38 bits per heavy atom. The highest BCUT2D eigenvalue weighted by molar-refractivity contribution is 7.99. The van der Waals surface area contributed by atoms with Gasteiger partial charge in [-0.15, -0.1) is 5.10 Å². The van der Waals surface area contributed by atoms with E-state index in [1.54, 1.807) is 4.68 Å². The van der Waals surface area contributed by atoms with Crippen LogP contribution >= 0.6 is 11.8 Å². The standard InChI is InChI=1S/C10H12N4OS/c1-8(7-15)16-10-11-12-13-14(10)9-5-3-2-4-6-9/h2-6,8,15H,7H2,1H3. The predicted molar refractivity (Wildman–Crippen MR) is 61.6 cm³/mol. The van der Waals surface area contributed by atoms with Crippen LogP contribution in [0.25, 0.3) is 5.69 Å². The molecule has 0 spiro atoms. The van der Waals surface area contributed by atoms with Gasteiger partial charge in [0.05, 0.1) is 12.3 Å². The van der Waals surface area contributed by atoms with Gasteiger partial charge in [-0.1, -0.05) is 36.9 Å². The lowest BCUT2D eigenvalue weighted by Gasteiger charge is -2.07. The molecule has 6 heteroatoms. The number of benzene rings is 1. The lowest BCUT2D eigenvalue weighted by atomic mass is 10.3. The summed E-state index contributed by atoms with van der Waals surface area (Å²) in [6.45, 7) is 2.03. The third kappa shape index (κ3) is 2.40. The van der Waals surface area contributed by atoms with Crippen molar-refractivity contribution in [2.45, 2.75) is 17.3 Å². The fraction of sp³-hybridized carbons (Fsp3) is 0.300. The zero-order valence-electron chi connectivity index (χ0n) is 8.82. The third-order valence-electron chi connectivity index (χ3n) is 2.01. The Labute approximate surface area is 97.5 Å². The van der Waals surface area contributed by atoms with Crippen molar-refractivity contribution in [1.82, 2.24) is 20.2 Å². The van der Waals surface area contributed by atoms with Gasteiger partial charge in [0, 0.05) is 5.25 Å². The first-order valence-electron chi connectivity index (χ1n) is 4.92. The van der Waals surface area contributed by atoms with Crippen molar-refractivity contribution in [2.75, 3.05) is 6.61 Å². The molecule has 1 unspecified atom stereocenters. The summed E-state index contributed by atoms with van der Waals surface area (Å²) < 4.78 is 1.66. The van der Waals surface area contributed by atoms with Crippen molar-refractivity contribution in [3.63, 3.8) is 0 Å². The molecular weight excluding hydrogens is 224 g/mol. The van der Waals surface area contributed by atoms with Crippen LogP contribution in [-0.2, 0) is 0 Å². The molecule has 0 bridgehead atoms. The molecular formula is C10H12N4OS. The van der Waals surface area contributed by atoms with Crippen molar-refractivity contribution in [2.24, 2.45) is 0 Å². The Bertz CT molecular complexity index is 445. The number of aliphatic hydroxyl groups is 1. The Morgan fingerprint density at radius 3 is 2.81 bits per heavy atom. The summed E-state index contributed by atoms with van der Waals surface area (Å²) in [5.41, 5.74) is 0.917. The van der Waals surface area contributed by atoms with E-state index in [0.29, 0.717) is 5.16 Å². The number of hydrogen-bond donors (Lipinski definition) is 1. The highest BCUT2D eigenvalue weighted by atomic mass is 32.2. The Hall–Kier alpha value is -1.40. The molecule has 1 aromatic carbocycles. The van der Waals surface area contributed by atoms with Gasteiger partial charge in [0.25, 0.3) is 0 Å². The second-order valence-corrected chi connectivity index (χ2v) is 4.73. The van der Waals surface area contributed by atoms with Crippen LogP contribution in [0.5, 0.6) is 0 Å². The maximum Gasteiger partial charge on any atom is 0.214 e. The molecule has 0 saturated carbocycles. The van der Waals surface area contributed by atoms with E-state index in [2.05, 4.69) is 15.5 Å². The van der Waals surface area contributed by atoms with Gasteiger partial charge in [-0.2, -0.15) is 4.68 Å². The predicted octanol–water partition coefficient (Wildman–Crippen LogP) is 1.14. The fourth-order valence-corrected chi connectivity index (χ4v) is 1.96. The molecule has 1 atom stereocenters. The van der Waals surface area contributed by atoms with Crippen LogP contribution in [0.15, 0.2) is 35.5 Å². The summed E-state index contributed by atoms with van der Waals surface area (Å²) in [5, 5.41) is 21.3. The minimum absolute atomic E-state index is 0.0773. The average molecular weight is 236 g/mol. The van der Waals surface area contributed by atoms with Crippen LogP contribution < -0.4 is 0 Å². The van der Waals surface area contributed by atoms with E-state index >= 15 is 0 Å². The summed E-state index contributed by atoms with van der Waals surface area (Å²) in [5.74, 6) is 0. The highest BCUT2D eigenvalue weighted by Crippen LogP contribution is 2.21. The number of para-hydroxylation sites is 1. The topological polar surface area (TPSA) is 63.8 Å². The van der Waals surface area contributed by atoms with E-state index in [1.165, 1.54) is 11.8 Å². The van der Waals surface area contributed by atoms with E-state index in [9.17, 15) is 0 Å². The number of nitrogens with zero attached hydrogens (tertiary/aromatic N) is 4. The van der Waals surface area contributed by atoms with Crippen molar-refractivity contribution < 1.29 is 5.11 Å². The quantitative estimate of drug-likeness (QED) is 0.806. The molecule has 0 aliphatic heterocycles. The zero-order chi connectivity index (χ0) is 11.4. The van der Waals surface area contributed by atoms with E-state index in [-0.39, 0.29) is 11.9 Å². The molecule has 2 rings (SSSR count). The number of aliphatic hydroxyl groups excluding tert-OH is 1. The molecule has 84 valence electrons. The summed E-state index contributed by atoms with van der Waals surface area (Å²) in [6.07, 6.45) is 0. The highest BCUT2D eigenvalue weighted by Gasteiger charge is 2.11. The molecule has 0 radical (unpaired) electrons. The number of tetrazole rings is 1. The van der Waals surface area contributed by atoms with Crippen LogP contribution in [0.2, 0.25) is 0 Å². The first-order chi connectivity index (χ1) is 7.81. The largest absolute Gasteiger partial charge is 0.395 e. The van der Waals surface area contributed by atoms with Crippen molar-refractivity contribution in [3.05, 3.63) is 30.3 Å². The van der Waals surface area contributed by atoms with Gasteiger partial charge in [0.2, 0.25) is 5.16 Å². The third-order valence-corrected chi connectivity index (χ3v) is 3.02. The van der Waals surface area contributed by atoms with Crippen molar-refractivity contribution in [1.29, 1.82) is 0 Å².